The average Bonchev–Trinajstić information content (AvgIpc) is 0.904. The lowest BCUT2D eigenvalue weighted by molar-refractivity contribution is -0.0894. The normalized spacial score (nSPS) is 19.2. The van der Waals surface area contributed by atoms with E-state index in [2.05, 4.69) is 141 Å². The molecule has 1 fully saturated rings. The zero-order valence-corrected chi connectivity index (χ0v) is 64.9. The minimum absolute atomic E-state index is 0.171. The maximum Gasteiger partial charge on any atom is 0.185 e. The summed E-state index contributed by atoms with van der Waals surface area (Å²) in [7, 11) is 0. The largest absolute Gasteiger partial charge is 0.456 e. The molecule has 4 atom stereocenters. The molecule has 116 heavy (non-hydrogen) atoms. The Morgan fingerprint density at radius 3 is 1.14 bits per heavy atom. The topological polar surface area (TPSA) is 44.7 Å². The zero-order valence-electron chi connectivity index (χ0n) is 83.3. The number of hydrogen-bond donors (Lipinski definition) is 0. The number of fused-ring (bicyclic) bond motifs is 16. The van der Waals surface area contributed by atoms with Gasteiger partial charge in [0.05, 0.1) is 34.5 Å². The summed E-state index contributed by atoms with van der Waals surface area (Å²) in [6, 6.07) is 83.4. The number of furan rings is 2. The van der Waals surface area contributed by atoms with Crippen LogP contribution in [0.4, 0.5) is 0 Å². The smallest absolute Gasteiger partial charge is 0.185 e. The monoisotopic (exact) mass is 1580 g/mol. The molecule has 4 nitrogen and oxygen atoms in total. The van der Waals surface area contributed by atoms with Crippen LogP contribution >= 0.6 is 15.9 Å². The predicted octanol–water partition coefficient (Wildman–Crippen LogP) is 32.3. The molecule has 2 aliphatic rings. The van der Waals surface area contributed by atoms with Crippen molar-refractivity contribution in [1.29, 1.82) is 0 Å². The molecule has 1 saturated heterocycles. The Balaban J connectivity index is 0.000000133. The van der Waals surface area contributed by atoms with E-state index in [9.17, 15) is 0 Å². The molecule has 4 unspecified atom stereocenters. The molecule has 5 heteroatoms. The Kier molecular flexibility index (Phi) is 13.0. The third-order valence-electron chi connectivity index (χ3n) is 23.3. The van der Waals surface area contributed by atoms with Crippen molar-refractivity contribution in [3.63, 3.8) is 0 Å². The number of halogens is 1. The molecule has 0 bridgehead atoms. The highest BCUT2D eigenvalue weighted by atomic mass is 79.9. The second-order valence-electron chi connectivity index (χ2n) is 30.5. The van der Waals surface area contributed by atoms with E-state index in [0.717, 1.165) is 157 Å². The van der Waals surface area contributed by atoms with Crippen LogP contribution < -0.4 is 0 Å². The minimum atomic E-state index is -1.19. The van der Waals surface area contributed by atoms with Gasteiger partial charge in [-0.15, -0.1) is 0 Å². The van der Waals surface area contributed by atoms with Crippen molar-refractivity contribution in [2.24, 2.45) is 0 Å². The first-order valence-corrected chi connectivity index (χ1v) is 39.4. The van der Waals surface area contributed by atoms with Crippen molar-refractivity contribution in [2.75, 3.05) is 0 Å². The maximum atomic E-state index is 8.98. The van der Waals surface area contributed by atoms with Crippen molar-refractivity contribution in [2.45, 2.75) is 70.3 Å². The van der Waals surface area contributed by atoms with Crippen LogP contribution in [0.15, 0.2) is 383 Å². The van der Waals surface area contributed by atoms with Crippen molar-refractivity contribution >= 4 is 146 Å². The second kappa shape index (κ2) is 28.8. The molecule has 21 aromatic rings. The highest BCUT2D eigenvalue weighted by molar-refractivity contribution is 9.10. The fourth-order valence-electron chi connectivity index (χ4n) is 17.2. The van der Waals surface area contributed by atoms with Gasteiger partial charge in [0, 0.05) is 35.7 Å². The van der Waals surface area contributed by atoms with E-state index in [1.807, 2.05) is 158 Å². The third kappa shape index (κ3) is 12.3. The SMILES string of the molecule is [2H]C1=C([2H])C([2H])C(c2ccc3oc4ccc(-c5ccc6c(-c7c8ccccc8c(-c8c([2H])c([2H])c([2H])c([2H])c8[2H])c8ccccc78)cc7ccccc7c6c5)cc4c3c2)C([2H])C1[2H].[2H]c1c([2H])c([2H])c(-c2c3ccccc3c(-c3cc4ccccc4c4cc(C5OC(C)(C)C(C)(C)O5)ccc34)c3ccccc23)c([2H])c1[2H].[2H]c1c([2H])c([2H])c(-c2ccc3oc4ccc(Br)cc4c3c2)c([2H])c1[2H]. The molecule has 2 aromatic heterocycles. The summed E-state index contributed by atoms with van der Waals surface area (Å²) in [5.41, 5.74) is 11.8. The lowest BCUT2D eigenvalue weighted by atomic mass is 9.83. The summed E-state index contributed by atoms with van der Waals surface area (Å²) in [5.74, 6) is -0.729. The first kappa shape index (κ1) is 52.4. The molecule has 0 saturated carbocycles. The summed E-state index contributed by atoms with van der Waals surface area (Å²) in [4.78, 5) is 0. The summed E-state index contributed by atoms with van der Waals surface area (Å²) >= 11 is 3.44. The van der Waals surface area contributed by atoms with Crippen LogP contribution in [0.25, 0.3) is 197 Å². The number of benzene rings is 19. The Morgan fingerprint density at radius 1 is 0.302 bits per heavy atom. The molecule has 0 radical (unpaired) electrons. The molecule has 0 spiro atoms. The van der Waals surface area contributed by atoms with Gasteiger partial charge in [0.2, 0.25) is 0 Å². The van der Waals surface area contributed by atoms with Crippen LogP contribution in [0.2, 0.25) is 0 Å². The van der Waals surface area contributed by atoms with Crippen molar-refractivity contribution in [3.8, 4) is 66.8 Å². The van der Waals surface area contributed by atoms with Crippen LogP contribution in [0.3, 0.4) is 0 Å². The molecule has 1 aliphatic carbocycles. The predicted molar refractivity (Wildman–Crippen MR) is 493 cm³/mol. The fourth-order valence-corrected chi connectivity index (χ4v) is 17.5. The number of rotatable bonds is 8. The lowest BCUT2D eigenvalue weighted by Gasteiger charge is -2.30. The first-order valence-electron chi connectivity index (χ1n) is 48.8. The summed E-state index contributed by atoms with van der Waals surface area (Å²) < 4.78 is 194. The van der Waals surface area contributed by atoms with Crippen LogP contribution in [0, 0.1) is 0 Å². The van der Waals surface area contributed by atoms with Gasteiger partial charge in [0.25, 0.3) is 0 Å². The Hall–Kier alpha value is -13.0. The van der Waals surface area contributed by atoms with Gasteiger partial charge in [-0.2, -0.15) is 0 Å². The zero-order chi connectivity index (χ0) is 95.2. The first-order chi connectivity index (χ1) is 65.2. The molecular formula is C111H81BrO4. The Morgan fingerprint density at radius 2 is 0.655 bits per heavy atom. The lowest BCUT2D eigenvalue weighted by Crippen LogP contribution is -2.41. The van der Waals surface area contributed by atoms with Crippen LogP contribution in [0.5, 0.6) is 0 Å². The van der Waals surface area contributed by atoms with Crippen LogP contribution in [-0.4, -0.2) is 11.2 Å². The molecule has 19 aromatic carbocycles. The number of hydrogen-bond acceptors (Lipinski definition) is 4. The number of ether oxygens (including phenoxy) is 2. The van der Waals surface area contributed by atoms with E-state index >= 15 is 0 Å². The standard InChI is InChI=1S/C52H36O.C41H34O2.C18H11BrO/c1-3-13-33(14-4-1)35-24-27-49-46(30-35)47-31-37(25-28-50(47)53-49)36-23-26-40-45(29-36)39-18-8-7-17-38(39)32-48(40)52-43-21-11-9-19-41(43)51(34-15-5-2-6-16-34)42-20-10-12-22-44(42)52;1-40(2)41(3,4)43-39(42-40)28-22-23-30-35(25-28)29-17-9-8-16-27(29)24-36(30)38-33-20-12-10-18-31(33)37(26-14-6-5-7-15-26)32-19-11-13-21-34(32)38;19-14-7-9-18-16(11-14)15-10-13(6-8-17(15)20-18)12-4-2-1-3-5-12/h1-3,5-12,15-33H,4,13-14H2;5-25,39H,1-4H3;1-11H/i1D,2D,3D,4D,5D,6D,13D,14D,15D,16D;5D,6D,7D,14D,15D;1D,2D,3D,4D,5D. The van der Waals surface area contributed by atoms with E-state index in [1.165, 1.54) is 0 Å². The highest BCUT2D eigenvalue weighted by Gasteiger charge is 2.49. The van der Waals surface area contributed by atoms with Gasteiger partial charge in [0.1, 0.15) is 22.3 Å². The van der Waals surface area contributed by atoms with Crippen molar-refractivity contribution in [3.05, 3.63) is 385 Å². The van der Waals surface area contributed by atoms with E-state index in [-0.39, 0.29) is 101 Å². The summed E-state index contributed by atoms with van der Waals surface area (Å²) in [5, 5.41) is 18.8. The molecule has 3 heterocycles. The fraction of sp³-hybridized carbons (Fsp3) is 0.0991. The third-order valence-corrected chi connectivity index (χ3v) is 23.8. The van der Waals surface area contributed by atoms with Gasteiger partial charge in [-0.25, -0.2) is 0 Å². The van der Waals surface area contributed by atoms with E-state index in [0.29, 0.717) is 39.0 Å². The highest BCUT2D eigenvalue weighted by Crippen LogP contribution is 2.52. The molecule has 1 aliphatic heterocycles. The van der Waals surface area contributed by atoms with E-state index < -0.39 is 60.7 Å². The molecular weight excluding hydrogens is 1480 g/mol. The molecule has 556 valence electrons. The number of allylic oxidation sites excluding steroid dienone is 2. The molecule has 0 amide bonds. The van der Waals surface area contributed by atoms with Gasteiger partial charge in [-0.3, -0.25) is 0 Å². The van der Waals surface area contributed by atoms with Crippen LogP contribution in [-0.2, 0) is 9.47 Å². The molecule has 0 N–H and O–H groups in total. The average molecular weight is 1580 g/mol. The van der Waals surface area contributed by atoms with Gasteiger partial charge in [0.15, 0.2) is 6.29 Å². The van der Waals surface area contributed by atoms with E-state index in [4.69, 9.17) is 45.7 Å². The van der Waals surface area contributed by atoms with Gasteiger partial charge in [-0.05, 0) is 290 Å². The van der Waals surface area contributed by atoms with Gasteiger partial charge >= 0.3 is 0 Å². The Labute approximate surface area is 710 Å². The summed E-state index contributed by atoms with van der Waals surface area (Å²) in [6.45, 7) is 8.25. The Bertz CT molecular complexity index is 8570. The maximum absolute atomic E-state index is 8.98. The van der Waals surface area contributed by atoms with E-state index in [1.54, 1.807) is 12.1 Å². The minimum Gasteiger partial charge on any atom is -0.456 e. The van der Waals surface area contributed by atoms with Crippen molar-refractivity contribution < 1.29 is 45.7 Å². The van der Waals surface area contributed by atoms with Gasteiger partial charge in [-0.1, -0.05) is 307 Å². The molecule has 23 rings (SSSR count). The van der Waals surface area contributed by atoms with Crippen LogP contribution in [0.1, 0.15) is 97.6 Å². The second-order valence-corrected chi connectivity index (χ2v) is 31.4. The van der Waals surface area contributed by atoms with Gasteiger partial charge < -0.3 is 18.3 Å². The quantitative estimate of drug-likeness (QED) is 0.0864. The summed E-state index contributed by atoms with van der Waals surface area (Å²) in [6.07, 6.45) is -3.85. The van der Waals surface area contributed by atoms with Crippen molar-refractivity contribution in [1.82, 2.24) is 0 Å².